The average molecular weight is 301 g/mol. The lowest BCUT2D eigenvalue weighted by molar-refractivity contribution is 0.635. The fourth-order valence-corrected chi connectivity index (χ4v) is 3.88. The first-order chi connectivity index (χ1) is 10.0. The lowest BCUT2D eigenvalue weighted by atomic mass is 10.0. The number of nitrogens with one attached hydrogen (secondary N) is 1. The van der Waals surface area contributed by atoms with Crippen LogP contribution >= 0.6 is 0 Å². The minimum atomic E-state index is -1.000. The van der Waals surface area contributed by atoms with Crippen LogP contribution < -0.4 is 5.32 Å². The van der Waals surface area contributed by atoms with Crippen LogP contribution in [-0.4, -0.2) is 17.0 Å². The van der Waals surface area contributed by atoms with Crippen LogP contribution in [0.2, 0.25) is 0 Å². The Labute approximate surface area is 130 Å². The highest BCUT2D eigenvalue weighted by atomic mass is 32.2. The SMILES string of the molecule is CNC(CS(=O)c1ccccc1C)c1ccc(C)c(C)c1. The van der Waals surface area contributed by atoms with E-state index in [0.29, 0.717) is 5.75 Å². The molecule has 0 fully saturated rings. The zero-order chi connectivity index (χ0) is 15.4. The maximum Gasteiger partial charge on any atom is 0.0551 e. The van der Waals surface area contributed by atoms with Gasteiger partial charge in [0.1, 0.15) is 0 Å². The molecule has 0 saturated heterocycles. The largest absolute Gasteiger partial charge is 0.312 e. The van der Waals surface area contributed by atoms with E-state index in [-0.39, 0.29) is 6.04 Å². The minimum absolute atomic E-state index is 0.102. The molecule has 0 amide bonds. The van der Waals surface area contributed by atoms with Gasteiger partial charge in [-0.1, -0.05) is 36.4 Å². The molecule has 0 spiro atoms. The molecule has 2 rings (SSSR count). The van der Waals surface area contributed by atoms with Crippen LogP contribution in [0.25, 0.3) is 0 Å². The Morgan fingerprint density at radius 2 is 1.71 bits per heavy atom. The van der Waals surface area contributed by atoms with Gasteiger partial charge in [-0.2, -0.15) is 0 Å². The predicted molar refractivity (Wildman–Crippen MR) is 90.2 cm³/mol. The van der Waals surface area contributed by atoms with Crippen LogP contribution in [0.4, 0.5) is 0 Å². The summed E-state index contributed by atoms with van der Waals surface area (Å²) < 4.78 is 12.6. The zero-order valence-corrected chi connectivity index (χ0v) is 14.0. The monoisotopic (exact) mass is 301 g/mol. The lowest BCUT2D eigenvalue weighted by Crippen LogP contribution is -2.23. The van der Waals surface area contributed by atoms with Crippen molar-refractivity contribution >= 4 is 10.8 Å². The van der Waals surface area contributed by atoms with Crippen molar-refractivity contribution in [3.63, 3.8) is 0 Å². The molecule has 2 aromatic rings. The van der Waals surface area contributed by atoms with Gasteiger partial charge in [0.15, 0.2) is 0 Å². The van der Waals surface area contributed by atoms with Crippen molar-refractivity contribution in [2.75, 3.05) is 12.8 Å². The van der Waals surface area contributed by atoms with Gasteiger partial charge in [0.25, 0.3) is 0 Å². The second kappa shape index (κ2) is 7.01. The summed E-state index contributed by atoms with van der Waals surface area (Å²) in [5.74, 6) is 0.587. The maximum atomic E-state index is 12.6. The van der Waals surface area contributed by atoms with Crippen molar-refractivity contribution in [2.45, 2.75) is 31.7 Å². The molecule has 0 aromatic heterocycles. The second-order valence-electron chi connectivity index (χ2n) is 5.46. The molecule has 0 bridgehead atoms. The third kappa shape index (κ3) is 3.80. The quantitative estimate of drug-likeness (QED) is 0.913. The zero-order valence-electron chi connectivity index (χ0n) is 13.1. The number of benzene rings is 2. The van der Waals surface area contributed by atoms with E-state index in [1.54, 1.807) is 0 Å². The highest BCUT2D eigenvalue weighted by molar-refractivity contribution is 7.85. The predicted octanol–water partition coefficient (Wildman–Crippen LogP) is 3.68. The summed E-state index contributed by atoms with van der Waals surface area (Å²) in [6.45, 7) is 6.24. The van der Waals surface area contributed by atoms with Crippen molar-refractivity contribution in [1.82, 2.24) is 5.32 Å². The van der Waals surface area contributed by atoms with Gasteiger partial charge < -0.3 is 5.32 Å². The van der Waals surface area contributed by atoms with E-state index in [2.05, 4.69) is 37.4 Å². The van der Waals surface area contributed by atoms with Crippen molar-refractivity contribution < 1.29 is 4.21 Å². The van der Waals surface area contributed by atoms with Crippen molar-refractivity contribution in [3.8, 4) is 0 Å². The van der Waals surface area contributed by atoms with Crippen LogP contribution in [0.15, 0.2) is 47.4 Å². The summed E-state index contributed by atoms with van der Waals surface area (Å²) >= 11 is 0. The number of hydrogen-bond donors (Lipinski definition) is 1. The Kier molecular flexibility index (Phi) is 5.32. The molecular formula is C18H23NOS. The van der Waals surface area contributed by atoms with E-state index in [1.807, 2.05) is 38.2 Å². The molecule has 0 radical (unpaired) electrons. The lowest BCUT2D eigenvalue weighted by Gasteiger charge is -2.18. The molecule has 2 nitrogen and oxygen atoms in total. The highest BCUT2D eigenvalue weighted by Gasteiger charge is 2.16. The topological polar surface area (TPSA) is 29.1 Å². The van der Waals surface area contributed by atoms with E-state index in [0.717, 1.165) is 10.5 Å². The molecule has 2 unspecified atom stereocenters. The summed E-state index contributed by atoms with van der Waals surface area (Å²) in [6.07, 6.45) is 0. The van der Waals surface area contributed by atoms with Gasteiger partial charge in [-0.05, 0) is 56.1 Å². The van der Waals surface area contributed by atoms with E-state index in [4.69, 9.17) is 0 Å². The van der Waals surface area contributed by atoms with Gasteiger partial charge in [-0.3, -0.25) is 4.21 Å². The Hall–Kier alpha value is -1.45. The molecule has 0 aliphatic heterocycles. The molecular weight excluding hydrogens is 278 g/mol. The van der Waals surface area contributed by atoms with Crippen molar-refractivity contribution in [2.24, 2.45) is 0 Å². The van der Waals surface area contributed by atoms with Gasteiger partial charge in [0.2, 0.25) is 0 Å². The fraction of sp³-hybridized carbons (Fsp3) is 0.333. The van der Waals surface area contributed by atoms with Crippen LogP contribution in [0, 0.1) is 20.8 Å². The van der Waals surface area contributed by atoms with E-state index >= 15 is 0 Å². The smallest absolute Gasteiger partial charge is 0.0551 e. The van der Waals surface area contributed by atoms with E-state index in [9.17, 15) is 4.21 Å². The first-order valence-electron chi connectivity index (χ1n) is 7.21. The molecule has 2 atom stereocenters. The normalized spacial score (nSPS) is 13.9. The second-order valence-corrected chi connectivity index (χ2v) is 6.93. The molecule has 0 saturated carbocycles. The fourth-order valence-electron chi connectivity index (χ4n) is 2.38. The molecule has 2 aromatic carbocycles. The van der Waals surface area contributed by atoms with Gasteiger partial charge >= 0.3 is 0 Å². The van der Waals surface area contributed by atoms with Gasteiger partial charge in [0.05, 0.1) is 10.8 Å². The van der Waals surface area contributed by atoms with Crippen LogP contribution in [-0.2, 0) is 10.8 Å². The third-order valence-corrected chi connectivity index (χ3v) is 5.52. The Morgan fingerprint density at radius 1 is 1.00 bits per heavy atom. The molecule has 3 heteroatoms. The summed E-state index contributed by atoms with van der Waals surface area (Å²) in [4.78, 5) is 0.932. The Balaban J connectivity index is 2.21. The molecule has 112 valence electrons. The van der Waals surface area contributed by atoms with Gasteiger partial charge in [0, 0.05) is 16.7 Å². The van der Waals surface area contributed by atoms with E-state index in [1.165, 1.54) is 16.7 Å². The van der Waals surface area contributed by atoms with Crippen LogP contribution in [0.5, 0.6) is 0 Å². The summed E-state index contributed by atoms with van der Waals surface area (Å²) in [5.41, 5.74) is 4.84. The highest BCUT2D eigenvalue weighted by Crippen LogP contribution is 2.21. The standard InChI is InChI=1S/C18H23NOS/c1-13-9-10-16(11-15(13)3)17(19-4)12-21(20)18-8-6-5-7-14(18)2/h5-11,17,19H,12H2,1-4H3. The van der Waals surface area contributed by atoms with Gasteiger partial charge in [-0.25, -0.2) is 0 Å². The van der Waals surface area contributed by atoms with Crippen LogP contribution in [0.3, 0.4) is 0 Å². The number of hydrogen-bond acceptors (Lipinski definition) is 2. The number of aryl methyl sites for hydroxylation is 3. The molecule has 0 aliphatic rings. The molecule has 0 heterocycles. The third-order valence-electron chi connectivity index (χ3n) is 3.94. The average Bonchev–Trinajstić information content (AvgIpc) is 2.48. The van der Waals surface area contributed by atoms with Gasteiger partial charge in [-0.15, -0.1) is 0 Å². The Morgan fingerprint density at radius 3 is 2.33 bits per heavy atom. The maximum absolute atomic E-state index is 12.6. The summed E-state index contributed by atoms with van der Waals surface area (Å²) in [6, 6.07) is 14.4. The van der Waals surface area contributed by atoms with Crippen LogP contribution in [0.1, 0.15) is 28.3 Å². The first-order valence-corrected chi connectivity index (χ1v) is 8.53. The molecule has 0 aliphatic carbocycles. The van der Waals surface area contributed by atoms with E-state index < -0.39 is 10.8 Å². The first kappa shape index (κ1) is 15.9. The summed E-state index contributed by atoms with van der Waals surface area (Å²) in [7, 11) is 0.926. The number of rotatable bonds is 5. The van der Waals surface area contributed by atoms with Crippen molar-refractivity contribution in [1.29, 1.82) is 0 Å². The van der Waals surface area contributed by atoms with Crippen molar-refractivity contribution in [3.05, 3.63) is 64.7 Å². The minimum Gasteiger partial charge on any atom is -0.312 e. The molecule has 21 heavy (non-hydrogen) atoms. The summed E-state index contributed by atoms with van der Waals surface area (Å²) in [5, 5.41) is 3.29. The molecule has 1 N–H and O–H groups in total. The Bertz CT molecular complexity index is 651.